The van der Waals surface area contributed by atoms with E-state index in [1.807, 2.05) is 5.32 Å². The maximum absolute atomic E-state index is 13.7. The molecule has 10 nitrogen and oxygen atoms in total. The molecule has 212 valence electrons. The first-order valence-electron chi connectivity index (χ1n) is 12.7. The Morgan fingerprint density at radius 2 is 1.79 bits per heavy atom. The van der Waals surface area contributed by atoms with E-state index in [0.717, 1.165) is 6.42 Å². The van der Waals surface area contributed by atoms with Gasteiger partial charge in [-0.25, -0.2) is 9.40 Å². The van der Waals surface area contributed by atoms with Crippen molar-refractivity contribution in [2.45, 2.75) is 68.8 Å². The highest BCUT2D eigenvalue weighted by atomic mass is 35.5. The number of hydrogen-bond donors (Lipinski definition) is 3. The van der Waals surface area contributed by atoms with Gasteiger partial charge < -0.3 is 15.5 Å². The SMILES string of the molecule is O=C1NCC[C@H]1CN(NC(=O)[C@@H]1[C@H]2CCC[C@H]2CN1C(=O)C(NC(=O)C(F)(F)F)C1CCC1)C(=O)C(F)Cl. The van der Waals surface area contributed by atoms with Gasteiger partial charge in [-0.2, -0.15) is 13.2 Å². The molecule has 38 heavy (non-hydrogen) atoms. The summed E-state index contributed by atoms with van der Waals surface area (Å²) < 4.78 is 52.7. The van der Waals surface area contributed by atoms with Crippen LogP contribution >= 0.6 is 11.6 Å². The van der Waals surface area contributed by atoms with Crippen molar-refractivity contribution in [1.82, 2.24) is 26.0 Å². The molecule has 2 saturated heterocycles. The van der Waals surface area contributed by atoms with Gasteiger partial charge in [-0.15, -0.1) is 0 Å². The van der Waals surface area contributed by atoms with Gasteiger partial charge in [0, 0.05) is 13.1 Å². The first kappa shape index (κ1) is 28.4. The first-order chi connectivity index (χ1) is 17.9. The predicted molar refractivity (Wildman–Crippen MR) is 123 cm³/mol. The Kier molecular flexibility index (Phi) is 8.38. The molecule has 2 heterocycles. The van der Waals surface area contributed by atoms with Gasteiger partial charge in [0.2, 0.25) is 11.8 Å². The number of amides is 5. The molecule has 0 radical (unpaired) electrons. The Bertz CT molecular complexity index is 978. The normalized spacial score (nSPS) is 28.7. The van der Waals surface area contributed by atoms with E-state index in [1.165, 1.54) is 4.90 Å². The number of rotatable bonds is 7. The molecule has 2 saturated carbocycles. The molecule has 0 aromatic carbocycles. The second-order valence-electron chi connectivity index (χ2n) is 10.4. The number of nitrogens with one attached hydrogen (secondary N) is 3. The van der Waals surface area contributed by atoms with Crippen LogP contribution in [0.5, 0.6) is 0 Å². The van der Waals surface area contributed by atoms with Crippen LogP contribution in [-0.4, -0.2) is 83.0 Å². The van der Waals surface area contributed by atoms with Crippen LogP contribution < -0.4 is 16.1 Å². The second-order valence-corrected chi connectivity index (χ2v) is 10.8. The van der Waals surface area contributed by atoms with Crippen LogP contribution in [0.15, 0.2) is 0 Å². The van der Waals surface area contributed by atoms with Gasteiger partial charge in [-0.3, -0.25) is 29.4 Å². The molecule has 6 atom stereocenters. The molecular weight excluding hydrogens is 538 g/mol. The zero-order chi connectivity index (χ0) is 27.8. The van der Waals surface area contributed by atoms with Gasteiger partial charge in [0.1, 0.15) is 12.1 Å². The Morgan fingerprint density at radius 3 is 2.34 bits per heavy atom. The third-order valence-electron chi connectivity index (χ3n) is 8.14. The van der Waals surface area contributed by atoms with Gasteiger partial charge in [0.15, 0.2) is 0 Å². The molecule has 3 N–H and O–H groups in total. The molecule has 0 bridgehead atoms. The van der Waals surface area contributed by atoms with Crippen molar-refractivity contribution in [2.24, 2.45) is 23.7 Å². The Hall–Kier alpha value is -2.64. The molecule has 0 aromatic rings. The van der Waals surface area contributed by atoms with Crippen molar-refractivity contribution < 1.29 is 41.5 Å². The topological polar surface area (TPSA) is 128 Å². The zero-order valence-corrected chi connectivity index (χ0v) is 21.2. The highest BCUT2D eigenvalue weighted by Crippen LogP contribution is 2.43. The van der Waals surface area contributed by atoms with Crippen LogP contribution in [0, 0.1) is 23.7 Å². The third-order valence-corrected chi connectivity index (χ3v) is 8.32. The largest absolute Gasteiger partial charge is 0.471 e. The lowest BCUT2D eigenvalue weighted by molar-refractivity contribution is -0.176. The fourth-order valence-electron chi connectivity index (χ4n) is 5.97. The highest BCUT2D eigenvalue weighted by Gasteiger charge is 2.53. The average Bonchev–Trinajstić information content (AvgIpc) is 3.51. The van der Waals surface area contributed by atoms with Crippen LogP contribution in [0.4, 0.5) is 17.6 Å². The minimum absolute atomic E-state index is 0.0956. The van der Waals surface area contributed by atoms with E-state index in [2.05, 4.69) is 10.7 Å². The van der Waals surface area contributed by atoms with Crippen LogP contribution in [0.25, 0.3) is 0 Å². The first-order valence-corrected chi connectivity index (χ1v) is 13.2. The summed E-state index contributed by atoms with van der Waals surface area (Å²) in [7, 11) is 0. The summed E-state index contributed by atoms with van der Waals surface area (Å²) in [5.41, 5.74) is -0.174. The highest BCUT2D eigenvalue weighted by molar-refractivity contribution is 6.29. The number of hydrazine groups is 1. The lowest BCUT2D eigenvalue weighted by atomic mass is 9.79. The fraction of sp³-hybridized carbons (Fsp3) is 0.783. The number of fused-ring (bicyclic) bond motifs is 1. The van der Waals surface area contributed by atoms with Crippen molar-refractivity contribution in [3.05, 3.63) is 0 Å². The minimum Gasteiger partial charge on any atom is -0.356 e. The van der Waals surface area contributed by atoms with E-state index in [4.69, 9.17) is 11.6 Å². The van der Waals surface area contributed by atoms with E-state index in [0.29, 0.717) is 50.1 Å². The van der Waals surface area contributed by atoms with Crippen molar-refractivity contribution in [2.75, 3.05) is 19.6 Å². The number of carbonyl (C=O) groups excluding carboxylic acids is 5. The lowest BCUT2D eigenvalue weighted by Crippen LogP contribution is -2.61. The quantitative estimate of drug-likeness (QED) is 0.240. The molecule has 5 amide bonds. The minimum atomic E-state index is -5.18. The molecule has 0 aromatic heterocycles. The van der Waals surface area contributed by atoms with Crippen LogP contribution in [-0.2, 0) is 24.0 Å². The molecule has 15 heteroatoms. The Balaban J connectivity index is 1.55. The van der Waals surface area contributed by atoms with Gasteiger partial charge >= 0.3 is 12.1 Å². The van der Waals surface area contributed by atoms with Crippen molar-refractivity contribution in [3.8, 4) is 0 Å². The zero-order valence-electron chi connectivity index (χ0n) is 20.4. The summed E-state index contributed by atoms with van der Waals surface area (Å²) in [6.07, 6.45) is -1.21. The van der Waals surface area contributed by atoms with Crippen LogP contribution in [0.2, 0.25) is 0 Å². The maximum atomic E-state index is 13.7. The van der Waals surface area contributed by atoms with Crippen LogP contribution in [0.3, 0.4) is 0 Å². The van der Waals surface area contributed by atoms with Gasteiger partial charge in [-0.1, -0.05) is 24.4 Å². The van der Waals surface area contributed by atoms with Crippen molar-refractivity contribution in [1.29, 1.82) is 0 Å². The number of nitrogens with zero attached hydrogens (tertiary/aromatic N) is 2. The Labute approximate surface area is 221 Å². The van der Waals surface area contributed by atoms with E-state index in [-0.39, 0.29) is 30.8 Å². The summed E-state index contributed by atoms with van der Waals surface area (Å²) in [6, 6.07) is -2.61. The summed E-state index contributed by atoms with van der Waals surface area (Å²) in [4.78, 5) is 64.4. The molecule has 2 aliphatic carbocycles. The van der Waals surface area contributed by atoms with Gasteiger partial charge in [0.05, 0.1) is 12.5 Å². The summed E-state index contributed by atoms with van der Waals surface area (Å²) in [6.45, 7) is 0.109. The maximum Gasteiger partial charge on any atom is 0.471 e. The average molecular weight is 568 g/mol. The molecule has 4 rings (SSSR count). The van der Waals surface area contributed by atoms with Crippen LogP contribution in [0.1, 0.15) is 44.9 Å². The number of carbonyl (C=O) groups is 5. The number of hydrogen-bond acceptors (Lipinski definition) is 5. The second kappa shape index (κ2) is 11.2. The summed E-state index contributed by atoms with van der Waals surface area (Å²) in [5, 5.41) is 5.04. The Morgan fingerprint density at radius 1 is 1.11 bits per heavy atom. The van der Waals surface area contributed by atoms with E-state index in [1.54, 1.807) is 0 Å². The molecule has 2 unspecified atom stereocenters. The smallest absolute Gasteiger partial charge is 0.356 e. The third kappa shape index (κ3) is 5.84. The van der Waals surface area contributed by atoms with Crippen molar-refractivity contribution >= 4 is 41.1 Å². The number of halogens is 5. The summed E-state index contributed by atoms with van der Waals surface area (Å²) in [5.74, 6) is -7.16. The fourth-order valence-corrected chi connectivity index (χ4v) is 6.09. The van der Waals surface area contributed by atoms with Crippen molar-refractivity contribution in [3.63, 3.8) is 0 Å². The molecule has 4 fully saturated rings. The molecular formula is C23H30ClF4N5O5. The predicted octanol–water partition coefficient (Wildman–Crippen LogP) is 0.991. The molecule has 2 aliphatic heterocycles. The molecule has 0 spiro atoms. The van der Waals surface area contributed by atoms with E-state index in [9.17, 15) is 41.5 Å². The van der Waals surface area contributed by atoms with E-state index >= 15 is 0 Å². The lowest BCUT2D eigenvalue weighted by Gasteiger charge is -2.38. The monoisotopic (exact) mass is 567 g/mol. The van der Waals surface area contributed by atoms with Gasteiger partial charge in [0.25, 0.3) is 17.4 Å². The molecule has 4 aliphatic rings. The summed E-state index contributed by atoms with van der Waals surface area (Å²) >= 11 is 5.33. The number of alkyl halides is 5. The number of likely N-dealkylation sites (tertiary alicyclic amines) is 1. The van der Waals surface area contributed by atoms with E-state index < -0.39 is 59.4 Å². The standard InChI is InChI=1S/C23H30ClF4N5O5/c24-17(25)21(37)33(10-13-7-8-29-18(13)34)31-19(35)16-14-6-2-5-12(14)9-32(16)20(36)15(11-3-1-4-11)30-22(38)23(26,27)28/h11-17H,1-10H2,(H,29,34)(H,30,38)(H,31,35)/t12-,13-,14-,15?,16-,17?/m0/s1. The van der Waals surface area contributed by atoms with Gasteiger partial charge in [-0.05, 0) is 49.9 Å².